The number of carboxylic acid groups (broad SMARTS) is 1. The SMILES string of the molecule is Cc1ccc(C2=C(COc3ccc(CCC(=O)O)c(C(F)(F)F)c3)CCOC2)c(C)c1. The number of aryl methyl sites for hydroxylation is 3. The van der Waals surface area contributed by atoms with Crippen LogP contribution in [0.25, 0.3) is 5.57 Å². The van der Waals surface area contributed by atoms with E-state index in [0.29, 0.717) is 19.6 Å². The molecule has 1 heterocycles. The van der Waals surface area contributed by atoms with Crippen molar-refractivity contribution in [3.05, 3.63) is 69.8 Å². The molecule has 0 aliphatic carbocycles. The molecule has 0 fully saturated rings. The Morgan fingerprint density at radius 3 is 2.61 bits per heavy atom. The molecule has 1 aliphatic heterocycles. The standard InChI is InChI=1S/C24H25F3O4/c1-15-3-7-20(16(2)11-15)21-14-30-10-9-18(21)13-31-19-6-4-17(5-8-23(28)29)22(12-19)24(25,26)27/h3-4,6-7,11-12H,5,8-10,13-14H2,1-2H3,(H,28,29). The van der Waals surface area contributed by atoms with Crippen LogP contribution in [0.15, 0.2) is 42.0 Å². The molecule has 7 heteroatoms. The van der Waals surface area contributed by atoms with Crippen molar-refractivity contribution in [1.82, 2.24) is 0 Å². The number of carboxylic acids is 1. The van der Waals surface area contributed by atoms with E-state index < -0.39 is 17.7 Å². The van der Waals surface area contributed by atoms with Gasteiger partial charge in [0.1, 0.15) is 12.4 Å². The van der Waals surface area contributed by atoms with E-state index in [2.05, 4.69) is 6.07 Å². The maximum atomic E-state index is 13.5. The molecular weight excluding hydrogens is 409 g/mol. The van der Waals surface area contributed by atoms with Gasteiger partial charge in [0.05, 0.1) is 18.8 Å². The molecule has 0 aromatic heterocycles. The molecule has 0 radical (unpaired) electrons. The number of aliphatic carboxylic acids is 1. The van der Waals surface area contributed by atoms with E-state index in [4.69, 9.17) is 14.6 Å². The summed E-state index contributed by atoms with van der Waals surface area (Å²) in [7, 11) is 0. The van der Waals surface area contributed by atoms with E-state index >= 15 is 0 Å². The van der Waals surface area contributed by atoms with Gasteiger partial charge in [-0.05, 0) is 66.7 Å². The Bertz CT molecular complexity index is 993. The predicted octanol–water partition coefficient (Wildman–Crippen LogP) is 5.59. The summed E-state index contributed by atoms with van der Waals surface area (Å²) < 4.78 is 51.8. The predicted molar refractivity (Wildman–Crippen MR) is 111 cm³/mol. The van der Waals surface area contributed by atoms with Crippen LogP contribution in [-0.2, 0) is 22.1 Å². The summed E-state index contributed by atoms with van der Waals surface area (Å²) in [5, 5.41) is 8.78. The zero-order chi connectivity index (χ0) is 22.6. The highest BCUT2D eigenvalue weighted by molar-refractivity contribution is 5.73. The van der Waals surface area contributed by atoms with E-state index in [1.165, 1.54) is 12.1 Å². The average molecular weight is 434 g/mol. The number of carbonyl (C=O) groups is 1. The molecule has 1 N–H and O–H groups in total. The fourth-order valence-electron chi connectivity index (χ4n) is 3.74. The molecule has 0 spiro atoms. The largest absolute Gasteiger partial charge is 0.489 e. The van der Waals surface area contributed by atoms with Crippen LogP contribution < -0.4 is 4.74 Å². The van der Waals surface area contributed by atoms with E-state index in [9.17, 15) is 18.0 Å². The van der Waals surface area contributed by atoms with Gasteiger partial charge < -0.3 is 14.6 Å². The minimum absolute atomic E-state index is 0.0523. The van der Waals surface area contributed by atoms with Crippen LogP contribution >= 0.6 is 0 Å². The number of ether oxygens (including phenoxy) is 2. The molecule has 2 aromatic rings. The number of hydrogen-bond acceptors (Lipinski definition) is 3. The summed E-state index contributed by atoms with van der Waals surface area (Å²) in [6, 6.07) is 9.85. The minimum Gasteiger partial charge on any atom is -0.489 e. The quantitative estimate of drug-likeness (QED) is 0.617. The fraction of sp³-hybridized carbons (Fsp3) is 0.375. The monoisotopic (exact) mass is 434 g/mol. The molecular formula is C24H25F3O4. The summed E-state index contributed by atoms with van der Waals surface area (Å²) in [5.41, 5.74) is 4.42. The highest BCUT2D eigenvalue weighted by Gasteiger charge is 2.34. The van der Waals surface area contributed by atoms with Crippen LogP contribution in [0.4, 0.5) is 13.2 Å². The maximum Gasteiger partial charge on any atom is 0.416 e. The first-order valence-corrected chi connectivity index (χ1v) is 10.1. The number of alkyl halides is 3. The first-order chi connectivity index (χ1) is 14.6. The minimum atomic E-state index is -4.59. The smallest absolute Gasteiger partial charge is 0.416 e. The van der Waals surface area contributed by atoms with Gasteiger partial charge in [0.15, 0.2) is 0 Å². The topological polar surface area (TPSA) is 55.8 Å². The Morgan fingerprint density at radius 2 is 1.94 bits per heavy atom. The Hall–Kier alpha value is -2.80. The third-order valence-electron chi connectivity index (χ3n) is 5.34. The fourth-order valence-corrected chi connectivity index (χ4v) is 3.74. The van der Waals surface area contributed by atoms with Gasteiger partial charge in [-0.15, -0.1) is 0 Å². The summed E-state index contributed by atoms with van der Waals surface area (Å²) >= 11 is 0. The Balaban J connectivity index is 1.84. The van der Waals surface area contributed by atoms with Crippen molar-refractivity contribution in [2.75, 3.05) is 19.8 Å². The Labute approximate surface area is 179 Å². The molecule has 2 aromatic carbocycles. The van der Waals surface area contributed by atoms with Gasteiger partial charge in [-0.3, -0.25) is 4.79 Å². The van der Waals surface area contributed by atoms with Crippen molar-refractivity contribution >= 4 is 11.5 Å². The second-order valence-electron chi connectivity index (χ2n) is 7.70. The lowest BCUT2D eigenvalue weighted by Gasteiger charge is -2.23. The van der Waals surface area contributed by atoms with Crippen LogP contribution in [0.3, 0.4) is 0 Å². The molecule has 0 bridgehead atoms. The highest BCUT2D eigenvalue weighted by Crippen LogP contribution is 2.35. The van der Waals surface area contributed by atoms with Crippen molar-refractivity contribution in [3.8, 4) is 5.75 Å². The number of benzene rings is 2. The lowest BCUT2D eigenvalue weighted by Crippen LogP contribution is -2.16. The average Bonchev–Trinajstić information content (AvgIpc) is 2.70. The second kappa shape index (κ2) is 9.56. The van der Waals surface area contributed by atoms with E-state index in [-0.39, 0.29) is 30.8 Å². The van der Waals surface area contributed by atoms with Crippen LogP contribution in [-0.4, -0.2) is 30.9 Å². The van der Waals surface area contributed by atoms with Crippen LogP contribution in [0, 0.1) is 13.8 Å². The van der Waals surface area contributed by atoms with Crippen molar-refractivity contribution < 1.29 is 32.5 Å². The van der Waals surface area contributed by atoms with Gasteiger partial charge >= 0.3 is 12.1 Å². The first-order valence-electron chi connectivity index (χ1n) is 10.1. The molecule has 3 rings (SSSR count). The van der Waals surface area contributed by atoms with Crippen LogP contribution in [0.2, 0.25) is 0 Å². The third-order valence-corrected chi connectivity index (χ3v) is 5.34. The van der Waals surface area contributed by atoms with Gasteiger partial charge in [-0.1, -0.05) is 29.8 Å². The van der Waals surface area contributed by atoms with Crippen molar-refractivity contribution in [2.45, 2.75) is 39.3 Å². The highest BCUT2D eigenvalue weighted by atomic mass is 19.4. The van der Waals surface area contributed by atoms with Gasteiger partial charge in [-0.25, -0.2) is 0 Å². The zero-order valence-corrected chi connectivity index (χ0v) is 17.5. The summed E-state index contributed by atoms with van der Waals surface area (Å²) in [6.07, 6.45) is -4.50. The lowest BCUT2D eigenvalue weighted by molar-refractivity contribution is -0.140. The van der Waals surface area contributed by atoms with Gasteiger partial charge in [0, 0.05) is 6.42 Å². The molecule has 0 atom stereocenters. The number of halogens is 3. The second-order valence-corrected chi connectivity index (χ2v) is 7.70. The molecule has 0 unspecified atom stereocenters. The lowest BCUT2D eigenvalue weighted by atomic mass is 9.93. The number of hydrogen-bond donors (Lipinski definition) is 1. The third kappa shape index (κ3) is 5.88. The van der Waals surface area contributed by atoms with Crippen LogP contribution in [0.1, 0.15) is 40.7 Å². The molecule has 0 saturated carbocycles. The Morgan fingerprint density at radius 1 is 1.16 bits per heavy atom. The normalized spacial score (nSPS) is 14.6. The molecule has 4 nitrogen and oxygen atoms in total. The summed E-state index contributed by atoms with van der Waals surface area (Å²) in [5.74, 6) is -1.04. The summed E-state index contributed by atoms with van der Waals surface area (Å²) in [4.78, 5) is 10.7. The van der Waals surface area contributed by atoms with E-state index in [1.807, 2.05) is 26.0 Å². The van der Waals surface area contributed by atoms with Gasteiger partial charge in [-0.2, -0.15) is 13.2 Å². The Kier molecular flexibility index (Phi) is 7.05. The molecule has 31 heavy (non-hydrogen) atoms. The molecule has 166 valence electrons. The molecule has 0 amide bonds. The van der Waals surface area contributed by atoms with Gasteiger partial charge in [0.2, 0.25) is 0 Å². The van der Waals surface area contributed by atoms with E-state index in [1.54, 1.807) is 0 Å². The number of rotatable bonds is 7. The first kappa shape index (κ1) is 22.9. The van der Waals surface area contributed by atoms with Crippen molar-refractivity contribution in [3.63, 3.8) is 0 Å². The van der Waals surface area contributed by atoms with Crippen LogP contribution in [0.5, 0.6) is 5.75 Å². The van der Waals surface area contributed by atoms with Crippen molar-refractivity contribution in [1.29, 1.82) is 0 Å². The van der Waals surface area contributed by atoms with E-state index in [0.717, 1.165) is 33.9 Å². The zero-order valence-electron chi connectivity index (χ0n) is 17.5. The van der Waals surface area contributed by atoms with Gasteiger partial charge in [0.25, 0.3) is 0 Å². The molecule has 0 saturated heterocycles. The van der Waals surface area contributed by atoms with Crippen molar-refractivity contribution in [2.24, 2.45) is 0 Å². The summed E-state index contributed by atoms with van der Waals surface area (Å²) in [6.45, 7) is 5.18. The maximum absolute atomic E-state index is 13.5. The molecule has 1 aliphatic rings.